The fourth-order valence-electron chi connectivity index (χ4n) is 6.08. The Morgan fingerprint density at radius 3 is 2.21 bits per heavy atom. The van der Waals surface area contributed by atoms with Gasteiger partial charge in [0.1, 0.15) is 35.6 Å². The molecule has 1 aromatic heterocycles. The maximum atomic E-state index is 15.2. The third-order valence-corrected chi connectivity index (χ3v) is 10.3. The lowest BCUT2D eigenvalue weighted by Gasteiger charge is -2.40. The molecule has 1 aliphatic carbocycles. The third-order valence-electron chi connectivity index (χ3n) is 8.00. The van der Waals surface area contributed by atoms with Crippen LogP contribution in [0.5, 0.6) is 0 Å². The average Bonchev–Trinajstić information content (AvgIpc) is 3.23. The van der Waals surface area contributed by atoms with Crippen LogP contribution in [0.25, 0.3) is 0 Å². The van der Waals surface area contributed by atoms with Crippen LogP contribution in [0.1, 0.15) is 35.3 Å². The first kappa shape index (κ1) is 25.2. The van der Waals surface area contributed by atoms with Crippen LogP contribution in [-0.4, -0.2) is 52.8 Å². The summed E-state index contributed by atoms with van der Waals surface area (Å²) in [5.41, 5.74) is -0.0704. The van der Waals surface area contributed by atoms with Gasteiger partial charge in [-0.05, 0) is 24.5 Å². The molecular formula is C25H24F5N5O2S. The van der Waals surface area contributed by atoms with E-state index in [1.54, 1.807) is 35.8 Å². The molecular weight excluding hydrogens is 529 g/mol. The number of alkyl halides is 3. The fraction of sp³-hybridized carbons (Fsp3) is 0.440. The summed E-state index contributed by atoms with van der Waals surface area (Å²) < 4.78 is 101. The molecule has 2 unspecified atom stereocenters. The molecule has 6 rings (SSSR count). The van der Waals surface area contributed by atoms with E-state index >= 15 is 8.78 Å². The molecule has 2 aromatic carbocycles. The van der Waals surface area contributed by atoms with E-state index in [4.69, 9.17) is 0 Å². The molecule has 38 heavy (non-hydrogen) atoms. The number of nitrogens with zero attached hydrogens (tertiary/aromatic N) is 5. The van der Waals surface area contributed by atoms with Gasteiger partial charge in [-0.25, -0.2) is 17.2 Å². The highest BCUT2D eigenvalue weighted by Gasteiger charge is 2.57. The topological polar surface area (TPSA) is 71.3 Å². The second-order valence-corrected chi connectivity index (χ2v) is 12.2. The van der Waals surface area contributed by atoms with Gasteiger partial charge in [0.15, 0.2) is 0 Å². The van der Waals surface area contributed by atoms with Crippen LogP contribution >= 0.6 is 0 Å². The Morgan fingerprint density at radius 2 is 1.58 bits per heavy atom. The smallest absolute Gasteiger partial charge is 0.368 e. The zero-order valence-electron chi connectivity index (χ0n) is 20.0. The van der Waals surface area contributed by atoms with Gasteiger partial charge in [-0.3, -0.25) is 0 Å². The minimum atomic E-state index is -4.86. The van der Waals surface area contributed by atoms with Crippen molar-refractivity contribution in [1.82, 2.24) is 19.1 Å². The van der Waals surface area contributed by atoms with Crippen LogP contribution in [0.2, 0.25) is 0 Å². The third kappa shape index (κ3) is 4.25. The molecule has 7 nitrogen and oxygen atoms in total. The number of sulfonamides is 1. The van der Waals surface area contributed by atoms with Crippen LogP contribution in [0.4, 0.5) is 27.6 Å². The SMILES string of the molecule is O=S1(=O)[C@H](c2ccccc2)CC[C@H](C(F)(F)F)N1Cc1cc(F)c(N2CC3C(n4cnnc4)[C@H]3C2)cc1F. The van der Waals surface area contributed by atoms with E-state index in [0.29, 0.717) is 23.0 Å². The molecule has 1 saturated carbocycles. The fourth-order valence-corrected chi connectivity index (χ4v) is 8.24. The largest absolute Gasteiger partial charge is 0.405 e. The number of hydrogen-bond donors (Lipinski definition) is 0. The van der Waals surface area contributed by atoms with E-state index in [1.165, 1.54) is 12.1 Å². The summed E-state index contributed by atoms with van der Waals surface area (Å²) in [6, 6.07) is 7.62. The number of benzene rings is 2. The van der Waals surface area contributed by atoms with E-state index in [0.717, 1.165) is 12.1 Å². The van der Waals surface area contributed by atoms with Gasteiger partial charge >= 0.3 is 6.18 Å². The monoisotopic (exact) mass is 553 g/mol. The maximum Gasteiger partial charge on any atom is 0.405 e. The lowest BCUT2D eigenvalue weighted by molar-refractivity contribution is -0.176. The standard InChI is InChI=1S/C25H24F5N5O2S/c26-19-9-21(33-11-17-18(12-33)24(17)34-13-31-32-14-34)20(27)8-16(19)10-35-23(25(28,29)30)7-6-22(38(35,36)37)15-4-2-1-3-5-15/h1-5,8-9,13-14,17-18,22-24H,6-7,10-12H2/t17-,18?,22-,23+,24?/m0/s1. The molecule has 13 heteroatoms. The van der Waals surface area contributed by atoms with E-state index in [2.05, 4.69) is 10.2 Å². The number of fused-ring (bicyclic) bond motifs is 1. The van der Waals surface area contributed by atoms with Crippen LogP contribution in [-0.2, 0) is 16.6 Å². The Bertz CT molecular complexity index is 1420. The van der Waals surface area contributed by atoms with Gasteiger partial charge in [0.05, 0.1) is 5.69 Å². The molecule has 5 atom stereocenters. The predicted molar refractivity (Wildman–Crippen MR) is 127 cm³/mol. The highest BCUT2D eigenvalue weighted by Crippen LogP contribution is 2.56. The molecule has 0 radical (unpaired) electrons. The summed E-state index contributed by atoms with van der Waals surface area (Å²) >= 11 is 0. The minimum absolute atomic E-state index is 0.0111. The van der Waals surface area contributed by atoms with E-state index in [9.17, 15) is 21.6 Å². The van der Waals surface area contributed by atoms with Crippen LogP contribution in [0.15, 0.2) is 55.1 Å². The van der Waals surface area contributed by atoms with Crippen molar-refractivity contribution in [3.8, 4) is 0 Å². The van der Waals surface area contributed by atoms with Crippen molar-refractivity contribution in [1.29, 1.82) is 0 Å². The van der Waals surface area contributed by atoms with E-state index in [1.807, 2.05) is 4.57 Å². The molecule has 2 aliphatic heterocycles. The first-order valence-corrected chi connectivity index (χ1v) is 13.8. The molecule has 2 saturated heterocycles. The normalized spacial score (nSPS) is 28.9. The van der Waals surface area contributed by atoms with Crippen LogP contribution < -0.4 is 4.90 Å². The predicted octanol–water partition coefficient (Wildman–Crippen LogP) is 4.46. The summed E-state index contributed by atoms with van der Waals surface area (Å²) in [5.74, 6) is -1.29. The van der Waals surface area contributed by atoms with Crippen molar-refractivity contribution in [2.45, 2.75) is 42.9 Å². The van der Waals surface area contributed by atoms with Crippen molar-refractivity contribution in [2.24, 2.45) is 11.8 Å². The first-order chi connectivity index (χ1) is 18.1. The van der Waals surface area contributed by atoms with Gasteiger partial charge in [-0.1, -0.05) is 30.3 Å². The number of hydrogen-bond acceptors (Lipinski definition) is 5. The quantitative estimate of drug-likeness (QED) is 0.437. The second kappa shape index (κ2) is 9.01. The number of anilines is 1. The Balaban J connectivity index is 1.25. The van der Waals surface area contributed by atoms with Crippen molar-refractivity contribution in [2.75, 3.05) is 18.0 Å². The van der Waals surface area contributed by atoms with E-state index < -0.39 is 57.7 Å². The highest BCUT2D eigenvalue weighted by atomic mass is 32.2. The minimum Gasteiger partial charge on any atom is -0.368 e. The Morgan fingerprint density at radius 1 is 0.921 bits per heavy atom. The zero-order chi connectivity index (χ0) is 26.8. The highest BCUT2D eigenvalue weighted by molar-refractivity contribution is 7.89. The maximum absolute atomic E-state index is 15.2. The molecule has 0 amide bonds. The van der Waals surface area contributed by atoms with Gasteiger partial charge < -0.3 is 9.47 Å². The van der Waals surface area contributed by atoms with E-state index in [-0.39, 0.29) is 30.0 Å². The summed E-state index contributed by atoms with van der Waals surface area (Å²) in [6.45, 7) is 0.0527. The molecule has 0 N–H and O–H groups in total. The molecule has 3 fully saturated rings. The average molecular weight is 554 g/mol. The number of halogens is 5. The van der Waals surface area contributed by atoms with Crippen molar-refractivity contribution >= 4 is 15.7 Å². The summed E-state index contributed by atoms with van der Waals surface area (Å²) in [7, 11) is -4.53. The summed E-state index contributed by atoms with van der Waals surface area (Å²) in [5, 5.41) is 6.39. The van der Waals surface area contributed by atoms with Crippen molar-refractivity contribution in [3.05, 3.63) is 77.9 Å². The molecule has 3 aliphatic rings. The summed E-state index contributed by atoms with van der Waals surface area (Å²) in [6.07, 6.45) is -2.33. The second-order valence-electron chi connectivity index (χ2n) is 10.2. The van der Waals surface area contributed by atoms with Gasteiger partial charge in [0.2, 0.25) is 10.0 Å². The van der Waals surface area contributed by atoms with Gasteiger partial charge in [0.25, 0.3) is 0 Å². The molecule has 202 valence electrons. The molecule has 3 aromatic rings. The van der Waals surface area contributed by atoms with Crippen LogP contribution in [0, 0.1) is 23.5 Å². The molecule has 0 bridgehead atoms. The van der Waals surface area contributed by atoms with Gasteiger partial charge in [0, 0.05) is 49.1 Å². The first-order valence-electron chi connectivity index (χ1n) is 12.2. The lowest BCUT2D eigenvalue weighted by atomic mass is 10.0. The lowest BCUT2D eigenvalue weighted by Crippen LogP contribution is -2.52. The van der Waals surface area contributed by atoms with Gasteiger partial charge in [-0.2, -0.15) is 17.5 Å². The summed E-state index contributed by atoms with van der Waals surface area (Å²) in [4.78, 5) is 1.71. The van der Waals surface area contributed by atoms with Crippen molar-refractivity contribution < 1.29 is 30.4 Å². The Hall–Kier alpha value is -3.06. The number of piperidine rings is 1. The van der Waals surface area contributed by atoms with Crippen molar-refractivity contribution in [3.63, 3.8) is 0 Å². The van der Waals surface area contributed by atoms with Gasteiger partial charge in [-0.15, -0.1) is 10.2 Å². The van der Waals surface area contributed by atoms with Crippen LogP contribution in [0.3, 0.4) is 0 Å². The molecule has 0 spiro atoms. The Labute approximate surface area is 215 Å². The zero-order valence-corrected chi connectivity index (χ0v) is 20.8. The Kier molecular flexibility index (Phi) is 5.98. The molecule has 3 heterocycles. The number of aromatic nitrogens is 3. The number of rotatable bonds is 5.